The molecule has 3 aromatic rings. The van der Waals surface area contributed by atoms with Crippen LogP contribution >= 0.6 is 11.6 Å². The number of piperidine rings is 1. The molecule has 0 saturated carbocycles. The number of nitrogens with two attached hydrogens (primary N) is 1. The first-order chi connectivity index (χ1) is 18.4. The van der Waals surface area contributed by atoms with Gasteiger partial charge in [0.25, 0.3) is 0 Å². The lowest BCUT2D eigenvalue weighted by molar-refractivity contribution is -0.198. The Morgan fingerprint density at radius 1 is 1.26 bits per heavy atom. The lowest BCUT2D eigenvalue weighted by atomic mass is 9.76. The van der Waals surface area contributed by atoms with Crippen LogP contribution in [0.4, 0.5) is 24.9 Å². The fraction of sp³-hybridized carbons (Fsp3) is 0.440. The van der Waals surface area contributed by atoms with Crippen molar-refractivity contribution in [3.05, 3.63) is 52.8 Å². The van der Waals surface area contributed by atoms with Crippen molar-refractivity contribution in [3.8, 4) is 11.6 Å². The first-order valence-electron chi connectivity index (χ1n) is 12.3. The number of anilines is 2. The molecule has 1 spiro atoms. The monoisotopic (exact) mass is 565 g/mol. The predicted octanol–water partition coefficient (Wildman–Crippen LogP) is 3.92. The van der Waals surface area contributed by atoms with Crippen molar-refractivity contribution in [2.24, 2.45) is 5.41 Å². The summed E-state index contributed by atoms with van der Waals surface area (Å²) in [4.78, 5) is 21.4. The van der Waals surface area contributed by atoms with Crippen LogP contribution in [0.3, 0.4) is 0 Å². The number of nitrogens with one attached hydrogen (secondary N) is 1. The molecule has 10 nitrogen and oxygen atoms in total. The summed E-state index contributed by atoms with van der Waals surface area (Å²) in [6.45, 7) is 3.39. The Hall–Kier alpha value is -3.58. The molecular formula is C25H27ClF3N7O3. The smallest absolute Gasteiger partial charge is 0.429 e. The van der Waals surface area contributed by atoms with Gasteiger partial charge >= 0.3 is 12.1 Å². The number of aromatic nitrogens is 4. The topological polar surface area (TPSA) is 131 Å². The quantitative estimate of drug-likeness (QED) is 0.407. The van der Waals surface area contributed by atoms with Gasteiger partial charge in [0.15, 0.2) is 0 Å². The second-order valence-electron chi connectivity index (χ2n) is 10.0. The molecule has 2 fully saturated rings. The highest BCUT2D eigenvalue weighted by Gasteiger charge is 2.46. The maximum Gasteiger partial charge on any atom is 0.429 e. The summed E-state index contributed by atoms with van der Waals surface area (Å²) in [5.41, 5.74) is 6.28. The number of benzene rings is 1. The second-order valence-corrected chi connectivity index (χ2v) is 10.5. The summed E-state index contributed by atoms with van der Waals surface area (Å²) < 4.78 is 49.9. The number of alkyl halides is 3. The number of nitrogens with zero attached hydrogens (tertiary/aromatic N) is 5. The molecule has 2 atom stereocenters. The zero-order valence-electron chi connectivity index (χ0n) is 21.0. The first-order valence-corrected chi connectivity index (χ1v) is 12.7. The Bertz CT molecular complexity index is 1380. The molecule has 2 aliphatic rings. The number of carboxylic acid groups (broad SMARTS) is 1. The fourth-order valence-corrected chi connectivity index (χ4v) is 5.42. The third-order valence-electron chi connectivity index (χ3n) is 7.29. The number of rotatable bonds is 6. The van der Waals surface area contributed by atoms with Crippen LogP contribution in [0.2, 0.25) is 5.02 Å². The second kappa shape index (κ2) is 10.2. The summed E-state index contributed by atoms with van der Waals surface area (Å²) in [7, 11) is 0. The van der Waals surface area contributed by atoms with Crippen LogP contribution in [-0.2, 0) is 4.79 Å². The van der Waals surface area contributed by atoms with Gasteiger partial charge in [-0.15, -0.1) is 0 Å². The van der Waals surface area contributed by atoms with Crippen LogP contribution in [0, 0.1) is 12.3 Å². The SMILES string of the molecule is Cc1ccn(-c2cc(Cl)ccc2C(Oc2cc(N3CCC4(CC3)CN[C@H](C(=O)O)C4)nc(N)n2)C(F)(F)F)n1. The van der Waals surface area contributed by atoms with E-state index in [2.05, 4.69) is 20.4 Å². The van der Waals surface area contributed by atoms with Gasteiger partial charge < -0.3 is 25.8 Å². The van der Waals surface area contributed by atoms with Crippen LogP contribution in [-0.4, -0.2) is 62.7 Å². The lowest BCUT2D eigenvalue weighted by Crippen LogP contribution is -2.41. The minimum Gasteiger partial charge on any atom is -0.480 e. The van der Waals surface area contributed by atoms with Crippen molar-refractivity contribution in [2.45, 2.75) is 44.5 Å². The highest BCUT2D eigenvalue weighted by Crippen LogP contribution is 2.42. The molecule has 2 aromatic heterocycles. The average molecular weight is 566 g/mol. The number of hydrogen-bond donors (Lipinski definition) is 3. The van der Waals surface area contributed by atoms with Gasteiger partial charge in [-0.2, -0.15) is 28.2 Å². The summed E-state index contributed by atoms with van der Waals surface area (Å²) in [5, 5.41) is 16.9. The Labute approximate surface area is 226 Å². The van der Waals surface area contributed by atoms with Crippen molar-refractivity contribution in [2.75, 3.05) is 30.3 Å². The van der Waals surface area contributed by atoms with E-state index in [0.717, 1.165) is 0 Å². The van der Waals surface area contributed by atoms with Gasteiger partial charge in [-0.25, -0.2) is 4.68 Å². The van der Waals surface area contributed by atoms with Gasteiger partial charge in [0, 0.05) is 42.5 Å². The normalized spacial score (nSPS) is 19.8. The van der Waals surface area contributed by atoms with E-state index in [-0.39, 0.29) is 33.5 Å². The molecule has 4 heterocycles. The summed E-state index contributed by atoms with van der Waals surface area (Å²) in [6.07, 6.45) is -3.72. The number of carbonyl (C=O) groups is 1. The molecule has 1 aromatic carbocycles. The van der Waals surface area contributed by atoms with Crippen molar-refractivity contribution >= 4 is 29.3 Å². The van der Waals surface area contributed by atoms with E-state index in [4.69, 9.17) is 22.1 Å². The fourth-order valence-electron chi connectivity index (χ4n) is 5.25. The molecule has 2 saturated heterocycles. The molecule has 4 N–H and O–H groups in total. The van der Waals surface area contributed by atoms with Crippen molar-refractivity contribution in [1.29, 1.82) is 0 Å². The van der Waals surface area contributed by atoms with Crippen LogP contribution in [0.5, 0.6) is 5.88 Å². The molecule has 208 valence electrons. The van der Waals surface area contributed by atoms with E-state index < -0.39 is 24.3 Å². The van der Waals surface area contributed by atoms with E-state index in [0.29, 0.717) is 50.4 Å². The van der Waals surface area contributed by atoms with E-state index in [1.165, 1.54) is 28.9 Å². The molecule has 0 amide bonds. The Kier molecular flexibility index (Phi) is 7.06. The number of ether oxygens (including phenoxy) is 1. The van der Waals surface area contributed by atoms with Crippen LogP contribution in [0.15, 0.2) is 36.5 Å². The van der Waals surface area contributed by atoms with Crippen molar-refractivity contribution in [1.82, 2.24) is 25.1 Å². The third kappa shape index (κ3) is 5.74. The Balaban J connectivity index is 1.40. The van der Waals surface area contributed by atoms with Crippen molar-refractivity contribution in [3.63, 3.8) is 0 Å². The van der Waals surface area contributed by atoms with E-state index in [9.17, 15) is 23.1 Å². The molecule has 1 unspecified atom stereocenters. The van der Waals surface area contributed by atoms with Gasteiger partial charge in [-0.3, -0.25) is 4.79 Å². The Morgan fingerprint density at radius 2 is 2.00 bits per heavy atom. The molecule has 14 heteroatoms. The molecule has 2 aliphatic heterocycles. The first kappa shape index (κ1) is 27.0. The van der Waals surface area contributed by atoms with E-state index >= 15 is 0 Å². The number of aryl methyl sites for hydroxylation is 1. The number of carboxylic acids is 1. The molecular weight excluding hydrogens is 539 g/mol. The zero-order chi connectivity index (χ0) is 27.9. The average Bonchev–Trinajstić information content (AvgIpc) is 3.49. The predicted molar refractivity (Wildman–Crippen MR) is 137 cm³/mol. The van der Waals surface area contributed by atoms with Gasteiger partial charge in [0.2, 0.25) is 17.9 Å². The minimum atomic E-state index is -4.81. The van der Waals surface area contributed by atoms with Gasteiger partial charge in [0.1, 0.15) is 11.9 Å². The van der Waals surface area contributed by atoms with Crippen LogP contribution < -0.4 is 20.7 Å². The summed E-state index contributed by atoms with van der Waals surface area (Å²) in [5.74, 6) is -1.08. The van der Waals surface area contributed by atoms with Gasteiger partial charge in [-0.1, -0.05) is 17.7 Å². The Morgan fingerprint density at radius 3 is 2.62 bits per heavy atom. The number of nitrogen functional groups attached to an aromatic ring is 1. The van der Waals surface area contributed by atoms with Crippen LogP contribution in [0.25, 0.3) is 5.69 Å². The number of hydrogen-bond acceptors (Lipinski definition) is 8. The zero-order valence-corrected chi connectivity index (χ0v) is 21.7. The summed E-state index contributed by atoms with van der Waals surface area (Å²) in [6, 6.07) is 6.43. The van der Waals surface area contributed by atoms with E-state index in [1.54, 1.807) is 19.2 Å². The highest BCUT2D eigenvalue weighted by molar-refractivity contribution is 6.30. The lowest BCUT2D eigenvalue weighted by Gasteiger charge is -2.39. The third-order valence-corrected chi connectivity index (χ3v) is 7.53. The van der Waals surface area contributed by atoms with E-state index in [1.807, 2.05) is 4.90 Å². The largest absolute Gasteiger partial charge is 0.480 e. The van der Waals surface area contributed by atoms with Gasteiger partial charge in [-0.05, 0) is 49.8 Å². The number of aliphatic carboxylic acids is 1. The maximum atomic E-state index is 14.4. The highest BCUT2D eigenvalue weighted by atomic mass is 35.5. The molecule has 0 bridgehead atoms. The minimum absolute atomic E-state index is 0.117. The van der Waals surface area contributed by atoms with Crippen LogP contribution in [0.1, 0.15) is 36.6 Å². The molecule has 5 rings (SSSR count). The van der Waals surface area contributed by atoms with Crippen molar-refractivity contribution < 1.29 is 27.8 Å². The molecule has 0 radical (unpaired) electrons. The molecule has 0 aliphatic carbocycles. The van der Waals surface area contributed by atoms with Gasteiger partial charge in [0.05, 0.1) is 11.4 Å². The summed E-state index contributed by atoms with van der Waals surface area (Å²) >= 11 is 6.11. The number of halogens is 4. The molecule has 39 heavy (non-hydrogen) atoms. The maximum absolute atomic E-state index is 14.4. The standard InChI is InChI=1S/C25H27ClF3N7O3/c1-14-4-7-36(34-14)18-10-15(26)2-3-16(18)21(25(27,28)29)39-20-11-19(32-23(30)33-20)35-8-5-24(6-9-35)12-17(22(37)38)31-13-24/h2-4,7,10-11,17,21,31H,5-6,8-9,12-13H2,1H3,(H,37,38)(H2,30,32,33)/t17-,21?/m0/s1.